The zero-order valence-corrected chi connectivity index (χ0v) is 14.2. The van der Waals surface area contributed by atoms with E-state index in [0.29, 0.717) is 43.7 Å². The number of rotatable bonds is 3. The van der Waals surface area contributed by atoms with Gasteiger partial charge < -0.3 is 9.64 Å². The average Bonchev–Trinajstić information content (AvgIpc) is 2.97. The van der Waals surface area contributed by atoms with E-state index in [0.717, 1.165) is 17.0 Å². The number of nitriles is 1. The van der Waals surface area contributed by atoms with Crippen molar-refractivity contribution in [2.24, 2.45) is 0 Å². The second kappa shape index (κ2) is 6.57. The van der Waals surface area contributed by atoms with E-state index in [1.807, 2.05) is 25.7 Å². The van der Waals surface area contributed by atoms with Gasteiger partial charge in [0.2, 0.25) is 5.91 Å². The van der Waals surface area contributed by atoms with Gasteiger partial charge in [-0.25, -0.2) is 9.50 Å². The molecule has 0 bridgehead atoms. The smallest absolute Gasteiger partial charge is 0.223 e. The number of fused-ring (bicyclic) bond motifs is 1. The highest BCUT2D eigenvalue weighted by Crippen LogP contribution is 2.19. The number of amides is 1. The second-order valence-electron chi connectivity index (χ2n) is 6.19. The highest BCUT2D eigenvalue weighted by atomic mass is 16.5. The molecule has 7 heteroatoms. The number of carbonyl (C=O) groups is 1. The van der Waals surface area contributed by atoms with Gasteiger partial charge in [0, 0.05) is 30.9 Å². The van der Waals surface area contributed by atoms with Gasteiger partial charge in [-0.15, -0.1) is 0 Å². The zero-order chi connectivity index (χ0) is 17.3. The van der Waals surface area contributed by atoms with Crippen LogP contribution in [0.4, 0.5) is 0 Å². The normalized spacial score (nSPS) is 17.9. The molecule has 1 atom stereocenters. The van der Waals surface area contributed by atoms with Crippen LogP contribution >= 0.6 is 0 Å². The van der Waals surface area contributed by atoms with Crippen LogP contribution < -0.4 is 0 Å². The Morgan fingerprint density at radius 2 is 2.29 bits per heavy atom. The van der Waals surface area contributed by atoms with Crippen molar-refractivity contribution in [3.05, 3.63) is 28.7 Å². The Balaban J connectivity index is 1.78. The minimum absolute atomic E-state index is 0.0951. The summed E-state index contributed by atoms with van der Waals surface area (Å²) in [5, 5.41) is 13.4. The summed E-state index contributed by atoms with van der Waals surface area (Å²) < 4.78 is 7.16. The Labute approximate surface area is 140 Å². The first kappa shape index (κ1) is 16.4. The molecule has 24 heavy (non-hydrogen) atoms. The van der Waals surface area contributed by atoms with Gasteiger partial charge >= 0.3 is 0 Å². The zero-order valence-electron chi connectivity index (χ0n) is 14.2. The summed E-state index contributed by atoms with van der Waals surface area (Å²) in [7, 11) is 0. The first-order valence-electron chi connectivity index (χ1n) is 8.14. The lowest BCUT2D eigenvalue weighted by Gasteiger charge is -2.31. The van der Waals surface area contributed by atoms with Crippen LogP contribution in [-0.4, -0.2) is 51.2 Å². The van der Waals surface area contributed by atoms with Gasteiger partial charge in [-0.3, -0.25) is 4.79 Å². The molecule has 1 amide bonds. The van der Waals surface area contributed by atoms with Crippen LogP contribution in [0.3, 0.4) is 0 Å². The molecule has 0 spiro atoms. The summed E-state index contributed by atoms with van der Waals surface area (Å²) in [4.78, 5) is 18.8. The number of aryl methyl sites for hydroxylation is 2. The van der Waals surface area contributed by atoms with E-state index in [2.05, 4.69) is 16.2 Å². The molecule has 3 heterocycles. The molecule has 7 nitrogen and oxygen atoms in total. The predicted octanol–water partition coefficient (Wildman–Crippen LogP) is 1.40. The van der Waals surface area contributed by atoms with Crippen molar-refractivity contribution in [2.75, 3.05) is 19.7 Å². The lowest BCUT2D eigenvalue weighted by Crippen LogP contribution is -2.44. The largest absolute Gasteiger partial charge is 0.375 e. The fourth-order valence-electron chi connectivity index (χ4n) is 3.19. The van der Waals surface area contributed by atoms with Gasteiger partial charge in [-0.2, -0.15) is 10.4 Å². The van der Waals surface area contributed by atoms with Crippen molar-refractivity contribution in [1.82, 2.24) is 19.5 Å². The van der Waals surface area contributed by atoms with Crippen molar-refractivity contribution >= 4 is 11.6 Å². The minimum Gasteiger partial charge on any atom is -0.375 e. The molecule has 0 aliphatic carbocycles. The Morgan fingerprint density at radius 1 is 1.50 bits per heavy atom. The number of aromatic nitrogens is 3. The molecule has 0 aromatic carbocycles. The van der Waals surface area contributed by atoms with Crippen LogP contribution in [0.25, 0.3) is 5.65 Å². The third kappa shape index (κ3) is 2.97. The molecule has 1 saturated heterocycles. The summed E-state index contributed by atoms with van der Waals surface area (Å²) >= 11 is 0. The first-order valence-corrected chi connectivity index (χ1v) is 8.14. The molecule has 1 aliphatic heterocycles. The van der Waals surface area contributed by atoms with Crippen LogP contribution in [-0.2, 0) is 16.0 Å². The van der Waals surface area contributed by atoms with Crippen molar-refractivity contribution in [3.8, 4) is 6.07 Å². The summed E-state index contributed by atoms with van der Waals surface area (Å²) in [6.45, 7) is 7.75. The molecule has 126 valence electrons. The van der Waals surface area contributed by atoms with Gasteiger partial charge in [0.1, 0.15) is 11.6 Å². The van der Waals surface area contributed by atoms with Crippen molar-refractivity contribution in [2.45, 2.75) is 39.7 Å². The van der Waals surface area contributed by atoms with Gasteiger partial charge in [-0.1, -0.05) is 0 Å². The molecule has 2 aromatic heterocycles. The lowest BCUT2D eigenvalue weighted by molar-refractivity contribution is -0.138. The molecule has 3 rings (SSSR count). The van der Waals surface area contributed by atoms with E-state index in [-0.39, 0.29) is 12.0 Å². The van der Waals surface area contributed by atoms with E-state index in [1.165, 1.54) is 6.20 Å². The van der Waals surface area contributed by atoms with E-state index < -0.39 is 0 Å². The third-order valence-corrected chi connectivity index (χ3v) is 4.51. The summed E-state index contributed by atoms with van der Waals surface area (Å²) in [5.74, 6) is 0.141. The Bertz CT molecular complexity index is 820. The molecule has 0 saturated carbocycles. The molecule has 0 unspecified atom stereocenters. The number of ether oxygens (including phenoxy) is 1. The number of hydrogen-bond donors (Lipinski definition) is 0. The van der Waals surface area contributed by atoms with Crippen molar-refractivity contribution in [1.29, 1.82) is 5.26 Å². The van der Waals surface area contributed by atoms with Gasteiger partial charge in [0.15, 0.2) is 5.65 Å². The summed E-state index contributed by atoms with van der Waals surface area (Å²) in [6.07, 6.45) is 2.68. The molecule has 1 aliphatic rings. The predicted molar refractivity (Wildman–Crippen MR) is 87.5 cm³/mol. The molecule has 0 radical (unpaired) electrons. The van der Waals surface area contributed by atoms with Crippen molar-refractivity contribution < 1.29 is 9.53 Å². The van der Waals surface area contributed by atoms with Gasteiger partial charge in [0.05, 0.1) is 18.9 Å². The van der Waals surface area contributed by atoms with E-state index >= 15 is 0 Å². The molecule has 2 aromatic rings. The number of carbonyl (C=O) groups excluding carboxylic acids is 1. The lowest BCUT2D eigenvalue weighted by atomic mass is 10.1. The summed E-state index contributed by atoms with van der Waals surface area (Å²) in [6, 6.07) is 2.10. The molecule has 0 N–H and O–H groups in total. The highest BCUT2D eigenvalue weighted by molar-refractivity contribution is 5.76. The van der Waals surface area contributed by atoms with E-state index in [4.69, 9.17) is 10.00 Å². The molecular weight excluding hydrogens is 306 g/mol. The molecular formula is C17H21N5O2. The number of nitrogens with zero attached hydrogens (tertiary/aromatic N) is 5. The monoisotopic (exact) mass is 327 g/mol. The maximum atomic E-state index is 12.4. The third-order valence-electron chi connectivity index (χ3n) is 4.51. The standard InChI is InChI=1S/C17H21N5O2/c1-11-10-21(6-7-24-11)16(23)5-4-15-12(2)20-17-14(8-18)9-19-22(17)13(15)3/h9,11H,4-7,10H2,1-3H3/t11-/m0/s1. The van der Waals surface area contributed by atoms with E-state index in [9.17, 15) is 4.79 Å². The van der Waals surface area contributed by atoms with E-state index in [1.54, 1.807) is 4.52 Å². The summed E-state index contributed by atoms with van der Waals surface area (Å²) in [5.41, 5.74) is 3.84. The van der Waals surface area contributed by atoms with Crippen LogP contribution in [0.15, 0.2) is 6.20 Å². The maximum absolute atomic E-state index is 12.4. The number of hydrogen-bond acceptors (Lipinski definition) is 5. The van der Waals surface area contributed by atoms with Crippen LogP contribution in [0.1, 0.15) is 35.9 Å². The first-order chi connectivity index (χ1) is 11.5. The fourth-order valence-corrected chi connectivity index (χ4v) is 3.19. The molecule has 1 fully saturated rings. The Kier molecular flexibility index (Phi) is 4.49. The fraction of sp³-hybridized carbons (Fsp3) is 0.529. The van der Waals surface area contributed by atoms with Gasteiger partial charge in [0.25, 0.3) is 0 Å². The SMILES string of the molecule is Cc1nc2c(C#N)cnn2c(C)c1CCC(=O)N1CCO[C@@H](C)C1. The number of morpholine rings is 1. The van der Waals surface area contributed by atoms with Crippen LogP contribution in [0, 0.1) is 25.2 Å². The Hall–Kier alpha value is -2.46. The average molecular weight is 327 g/mol. The van der Waals surface area contributed by atoms with Crippen molar-refractivity contribution in [3.63, 3.8) is 0 Å². The quantitative estimate of drug-likeness (QED) is 0.851. The highest BCUT2D eigenvalue weighted by Gasteiger charge is 2.22. The van der Waals surface area contributed by atoms with Gasteiger partial charge in [-0.05, 0) is 32.8 Å². The second-order valence-corrected chi connectivity index (χ2v) is 6.19. The topological polar surface area (TPSA) is 83.5 Å². The Morgan fingerprint density at radius 3 is 3.00 bits per heavy atom. The minimum atomic E-state index is 0.0951. The maximum Gasteiger partial charge on any atom is 0.223 e. The van der Waals surface area contributed by atoms with Crippen LogP contribution in [0.5, 0.6) is 0 Å². The van der Waals surface area contributed by atoms with Crippen LogP contribution in [0.2, 0.25) is 0 Å².